The van der Waals surface area contributed by atoms with Gasteiger partial charge in [-0.05, 0) is 30.5 Å². The van der Waals surface area contributed by atoms with Crippen LogP contribution in [0.5, 0.6) is 5.75 Å². The minimum absolute atomic E-state index is 0.0164. The average molecular weight is 488 g/mol. The van der Waals surface area contributed by atoms with E-state index >= 15 is 0 Å². The molecule has 1 aromatic rings. The zero-order valence-corrected chi connectivity index (χ0v) is 21.7. The van der Waals surface area contributed by atoms with Crippen LogP contribution in [-0.2, 0) is 16.1 Å². The predicted octanol–water partition coefficient (Wildman–Crippen LogP) is 3.20. The Bertz CT molecular complexity index is 862. The Morgan fingerprint density at radius 3 is 2.43 bits per heavy atom. The summed E-state index contributed by atoms with van der Waals surface area (Å²) in [5, 5.41) is 6.29. The monoisotopic (exact) mass is 487 g/mol. The average Bonchev–Trinajstić information content (AvgIpc) is 2.85. The van der Waals surface area contributed by atoms with Crippen molar-refractivity contribution in [2.75, 3.05) is 33.8 Å². The number of hydrazine groups is 1. The largest absolute Gasteiger partial charge is 0.497 e. The molecule has 2 atom stereocenters. The number of nitrogens with one attached hydrogen (secondary N) is 1. The zero-order valence-electron chi connectivity index (χ0n) is 21.7. The van der Waals surface area contributed by atoms with E-state index in [0.717, 1.165) is 49.8 Å². The second kappa shape index (κ2) is 12.8. The SMILES string of the molecule is CCCCCCN1CC2N(C(=O)CN(C)N2C(=O)NCc2ccc(OC)cc2)[C@@H](CCCC)C1=O. The number of ether oxygens (including phenoxy) is 1. The van der Waals surface area contributed by atoms with Crippen molar-refractivity contribution in [1.82, 2.24) is 25.1 Å². The molecule has 2 aliphatic rings. The third-order valence-electron chi connectivity index (χ3n) is 6.86. The topological polar surface area (TPSA) is 85.4 Å². The second-order valence-electron chi connectivity index (χ2n) is 9.45. The molecule has 3 rings (SSSR count). The first-order chi connectivity index (χ1) is 16.9. The highest BCUT2D eigenvalue weighted by Crippen LogP contribution is 2.28. The van der Waals surface area contributed by atoms with Gasteiger partial charge in [0.1, 0.15) is 18.0 Å². The van der Waals surface area contributed by atoms with Crippen molar-refractivity contribution >= 4 is 17.8 Å². The fourth-order valence-electron chi connectivity index (χ4n) is 4.91. The maximum absolute atomic E-state index is 13.4. The molecule has 0 bridgehead atoms. The Hall–Kier alpha value is -2.81. The third-order valence-corrected chi connectivity index (χ3v) is 6.86. The summed E-state index contributed by atoms with van der Waals surface area (Å²) in [5.41, 5.74) is 0.948. The first kappa shape index (κ1) is 26.8. The number of piperazine rings is 1. The van der Waals surface area contributed by atoms with Crippen LogP contribution in [0, 0.1) is 0 Å². The fraction of sp³-hybridized carbons (Fsp3) is 0.654. The van der Waals surface area contributed by atoms with Crippen LogP contribution in [0.4, 0.5) is 4.79 Å². The van der Waals surface area contributed by atoms with Gasteiger partial charge in [-0.25, -0.2) is 14.8 Å². The lowest BCUT2D eigenvalue weighted by atomic mass is 10.0. The molecule has 35 heavy (non-hydrogen) atoms. The molecule has 2 heterocycles. The summed E-state index contributed by atoms with van der Waals surface area (Å²) in [6, 6.07) is 6.74. The van der Waals surface area contributed by atoms with Crippen LogP contribution in [0.2, 0.25) is 0 Å². The highest BCUT2D eigenvalue weighted by molar-refractivity contribution is 5.91. The zero-order chi connectivity index (χ0) is 25.4. The lowest BCUT2D eigenvalue weighted by Gasteiger charge is -2.54. The lowest BCUT2D eigenvalue weighted by Crippen LogP contribution is -2.75. The van der Waals surface area contributed by atoms with Crippen LogP contribution >= 0.6 is 0 Å². The molecule has 0 aromatic heterocycles. The molecule has 4 amide bonds. The number of carbonyl (C=O) groups excluding carboxylic acids is 3. The molecule has 0 aliphatic carbocycles. The second-order valence-corrected chi connectivity index (χ2v) is 9.45. The first-order valence-corrected chi connectivity index (χ1v) is 12.9. The molecule has 194 valence electrons. The summed E-state index contributed by atoms with van der Waals surface area (Å²) in [6.07, 6.45) is 6.17. The van der Waals surface area contributed by atoms with E-state index in [2.05, 4.69) is 19.2 Å². The number of hydrogen-bond acceptors (Lipinski definition) is 5. The van der Waals surface area contributed by atoms with Gasteiger partial charge in [-0.2, -0.15) is 0 Å². The number of carbonyl (C=O) groups is 3. The van der Waals surface area contributed by atoms with Crippen molar-refractivity contribution in [2.45, 2.75) is 77.5 Å². The van der Waals surface area contributed by atoms with Crippen LogP contribution in [-0.4, -0.2) is 83.7 Å². The molecule has 9 heteroatoms. The maximum Gasteiger partial charge on any atom is 0.334 e. The van der Waals surface area contributed by atoms with Gasteiger partial charge >= 0.3 is 6.03 Å². The van der Waals surface area contributed by atoms with Crippen LogP contribution in [0.1, 0.15) is 64.4 Å². The Morgan fingerprint density at radius 2 is 1.77 bits per heavy atom. The summed E-state index contributed by atoms with van der Waals surface area (Å²) < 4.78 is 5.20. The Morgan fingerprint density at radius 1 is 1.06 bits per heavy atom. The van der Waals surface area contributed by atoms with E-state index in [1.807, 2.05) is 29.2 Å². The van der Waals surface area contributed by atoms with Crippen molar-refractivity contribution in [3.63, 3.8) is 0 Å². The molecule has 2 saturated heterocycles. The van der Waals surface area contributed by atoms with Gasteiger partial charge in [0.2, 0.25) is 11.8 Å². The predicted molar refractivity (Wildman–Crippen MR) is 134 cm³/mol. The molecule has 0 saturated carbocycles. The fourth-order valence-corrected chi connectivity index (χ4v) is 4.91. The number of nitrogens with zero attached hydrogens (tertiary/aromatic N) is 4. The van der Waals surface area contributed by atoms with E-state index in [4.69, 9.17) is 4.74 Å². The normalized spacial score (nSPS) is 20.7. The van der Waals surface area contributed by atoms with Gasteiger partial charge in [0, 0.05) is 20.1 Å². The van der Waals surface area contributed by atoms with Crippen molar-refractivity contribution in [1.29, 1.82) is 0 Å². The van der Waals surface area contributed by atoms with E-state index < -0.39 is 12.2 Å². The van der Waals surface area contributed by atoms with Gasteiger partial charge in [0.15, 0.2) is 0 Å². The Balaban J connectivity index is 1.77. The number of amides is 4. The summed E-state index contributed by atoms with van der Waals surface area (Å²) >= 11 is 0. The van der Waals surface area contributed by atoms with E-state index in [0.29, 0.717) is 26.1 Å². The number of unbranched alkanes of at least 4 members (excludes halogenated alkanes) is 4. The molecular formula is C26H41N5O4. The van der Waals surface area contributed by atoms with Crippen molar-refractivity contribution < 1.29 is 19.1 Å². The summed E-state index contributed by atoms with van der Waals surface area (Å²) in [4.78, 5) is 43.4. The lowest BCUT2D eigenvalue weighted by molar-refractivity contribution is -0.187. The van der Waals surface area contributed by atoms with Crippen molar-refractivity contribution in [3.05, 3.63) is 29.8 Å². The van der Waals surface area contributed by atoms with Gasteiger partial charge in [-0.3, -0.25) is 9.59 Å². The van der Waals surface area contributed by atoms with Crippen molar-refractivity contribution in [3.8, 4) is 5.75 Å². The standard InChI is InChI=1S/C26H41N5O4/c1-5-7-9-10-16-29-18-23-30(22(25(29)33)11-8-6-2)24(32)19-28(3)31(23)26(34)27-17-20-12-14-21(35-4)15-13-20/h12-15,22-23H,5-11,16-19H2,1-4H3,(H,27,34)/t22-,23?/m0/s1. The van der Waals surface area contributed by atoms with Crippen LogP contribution in [0.3, 0.4) is 0 Å². The summed E-state index contributed by atoms with van der Waals surface area (Å²) in [5.74, 6) is 0.675. The minimum Gasteiger partial charge on any atom is -0.497 e. The molecular weight excluding hydrogens is 446 g/mol. The molecule has 9 nitrogen and oxygen atoms in total. The molecule has 1 N–H and O–H groups in total. The number of benzene rings is 1. The molecule has 1 unspecified atom stereocenters. The van der Waals surface area contributed by atoms with E-state index in [-0.39, 0.29) is 24.4 Å². The third kappa shape index (κ3) is 6.45. The quantitative estimate of drug-likeness (QED) is 0.485. The Labute approximate surface area is 209 Å². The van der Waals surface area contributed by atoms with Gasteiger partial charge < -0.3 is 19.9 Å². The van der Waals surface area contributed by atoms with Gasteiger partial charge in [0.25, 0.3) is 0 Å². The summed E-state index contributed by atoms with van der Waals surface area (Å²) in [6.45, 7) is 5.66. The number of likely N-dealkylation sites (N-methyl/N-ethyl adjacent to an activating group) is 1. The minimum atomic E-state index is -0.516. The highest BCUT2D eigenvalue weighted by atomic mass is 16.5. The van der Waals surface area contributed by atoms with Crippen molar-refractivity contribution in [2.24, 2.45) is 0 Å². The number of fused-ring (bicyclic) bond motifs is 1. The van der Waals surface area contributed by atoms with Gasteiger partial charge in [-0.15, -0.1) is 0 Å². The smallest absolute Gasteiger partial charge is 0.334 e. The highest BCUT2D eigenvalue weighted by Gasteiger charge is 2.50. The summed E-state index contributed by atoms with van der Waals surface area (Å²) in [7, 11) is 3.37. The molecule has 2 fully saturated rings. The van der Waals surface area contributed by atoms with Crippen LogP contribution in [0.25, 0.3) is 0 Å². The number of hydrogen-bond donors (Lipinski definition) is 1. The van der Waals surface area contributed by atoms with Gasteiger partial charge in [0.05, 0.1) is 20.2 Å². The number of rotatable bonds is 11. The molecule has 2 aliphatic heterocycles. The first-order valence-electron chi connectivity index (χ1n) is 12.9. The van der Waals surface area contributed by atoms with E-state index in [1.165, 1.54) is 0 Å². The molecule has 1 aromatic carbocycles. The number of methoxy groups -OCH3 is 1. The number of urea groups is 1. The van der Waals surface area contributed by atoms with E-state index in [9.17, 15) is 14.4 Å². The van der Waals surface area contributed by atoms with Gasteiger partial charge in [-0.1, -0.05) is 58.1 Å². The van der Waals surface area contributed by atoms with Crippen LogP contribution in [0.15, 0.2) is 24.3 Å². The van der Waals surface area contributed by atoms with Crippen LogP contribution < -0.4 is 10.1 Å². The molecule has 0 radical (unpaired) electrons. The Kier molecular flexibility index (Phi) is 9.77. The maximum atomic E-state index is 13.4. The van der Waals surface area contributed by atoms with E-state index in [1.54, 1.807) is 29.1 Å². The molecule has 0 spiro atoms.